The number of rotatable bonds is 5. The molecule has 8 nitrogen and oxygen atoms in total. The smallest absolute Gasteiger partial charge is 0.254 e. The van der Waals surface area contributed by atoms with E-state index in [4.69, 9.17) is 0 Å². The highest BCUT2D eigenvalue weighted by Crippen LogP contribution is 2.10. The summed E-state index contributed by atoms with van der Waals surface area (Å²) in [6.07, 6.45) is 5.92. The summed E-state index contributed by atoms with van der Waals surface area (Å²) in [5, 5.41) is 16.9. The molecule has 0 aliphatic carbocycles. The second-order valence-electron chi connectivity index (χ2n) is 4.18. The van der Waals surface area contributed by atoms with Gasteiger partial charge in [-0.05, 0) is 5.10 Å². The second kappa shape index (κ2) is 6.51. The van der Waals surface area contributed by atoms with Gasteiger partial charge in [0.2, 0.25) is 0 Å². The average molecular weight is 287 g/mol. The zero-order valence-electron chi connectivity index (χ0n) is 11.3. The Morgan fingerprint density at radius 2 is 2.00 bits per heavy atom. The predicted molar refractivity (Wildman–Crippen MR) is 68.5 cm³/mol. The van der Waals surface area contributed by atoms with Crippen molar-refractivity contribution in [2.24, 2.45) is 0 Å². The van der Waals surface area contributed by atoms with Crippen molar-refractivity contribution < 1.29 is 19.4 Å². The molecule has 0 aliphatic rings. The number of nitrogens with zero attached hydrogens (tertiary/aromatic N) is 4. The highest BCUT2D eigenvalue weighted by molar-refractivity contribution is 5.93. The van der Waals surface area contributed by atoms with Crippen molar-refractivity contribution in [2.45, 2.75) is 13.0 Å². The third kappa shape index (κ3) is 3.78. The summed E-state index contributed by atoms with van der Waals surface area (Å²) in [5.41, 5.74) is 1.04. The van der Waals surface area contributed by atoms with Crippen LogP contribution in [0.2, 0.25) is 0 Å². The van der Waals surface area contributed by atoms with E-state index >= 15 is 0 Å². The molecule has 21 heavy (non-hydrogen) atoms. The standard InChI is InChI=1S/C13H13N5O3/c1-14-13(21)10-6-15-12(16-7-10)9-2-4-18(17-8-9)5-3-11(19)20/h2,4,6-8H,3,5H2,1H3,(H-,14,19,20,21). The van der Waals surface area contributed by atoms with Gasteiger partial charge >= 0.3 is 0 Å². The molecule has 0 bridgehead atoms. The fourth-order valence-corrected chi connectivity index (χ4v) is 1.59. The summed E-state index contributed by atoms with van der Waals surface area (Å²) in [6, 6.07) is 1.72. The molecule has 1 amide bonds. The van der Waals surface area contributed by atoms with Crippen LogP contribution < -0.4 is 15.1 Å². The molecule has 0 fully saturated rings. The molecule has 2 rings (SSSR count). The van der Waals surface area contributed by atoms with Gasteiger partial charge in [-0.1, -0.05) is 4.68 Å². The maximum Gasteiger partial charge on any atom is 0.254 e. The van der Waals surface area contributed by atoms with Crippen molar-refractivity contribution in [3.05, 3.63) is 36.4 Å². The van der Waals surface area contributed by atoms with Crippen LogP contribution >= 0.6 is 0 Å². The molecule has 0 atom stereocenters. The van der Waals surface area contributed by atoms with Crippen molar-refractivity contribution in [3.8, 4) is 11.4 Å². The molecule has 2 aromatic heterocycles. The summed E-state index contributed by atoms with van der Waals surface area (Å²) in [6.45, 7) is 0.235. The van der Waals surface area contributed by atoms with Gasteiger partial charge < -0.3 is 15.2 Å². The Hall–Kier alpha value is -2.90. The minimum absolute atomic E-state index is 0.103. The number of hydrogen-bond acceptors (Lipinski definition) is 6. The SMILES string of the molecule is CNC(=O)c1cnc(-c2cc[n+](CCC(=O)[O-])nc2)nc1. The number of carboxylic acid groups (broad SMARTS) is 1. The van der Waals surface area contributed by atoms with Crippen molar-refractivity contribution >= 4 is 11.9 Å². The highest BCUT2D eigenvalue weighted by Gasteiger charge is 2.09. The fourth-order valence-electron chi connectivity index (χ4n) is 1.59. The monoisotopic (exact) mass is 287 g/mol. The number of carboxylic acids is 1. The first-order valence-corrected chi connectivity index (χ1v) is 6.20. The third-order valence-corrected chi connectivity index (χ3v) is 2.72. The van der Waals surface area contributed by atoms with E-state index < -0.39 is 5.97 Å². The number of aliphatic carboxylic acids is 1. The zero-order valence-corrected chi connectivity index (χ0v) is 11.3. The lowest BCUT2D eigenvalue weighted by molar-refractivity contribution is -0.753. The van der Waals surface area contributed by atoms with Crippen LogP contribution in [0.25, 0.3) is 11.4 Å². The van der Waals surface area contributed by atoms with Gasteiger partial charge in [0.05, 0.1) is 5.56 Å². The molecule has 0 radical (unpaired) electrons. The molecule has 0 saturated carbocycles. The average Bonchev–Trinajstić information content (AvgIpc) is 2.53. The molecule has 0 aromatic carbocycles. The van der Waals surface area contributed by atoms with Crippen molar-refractivity contribution in [1.82, 2.24) is 20.4 Å². The molecule has 0 spiro atoms. The minimum Gasteiger partial charge on any atom is -0.550 e. The van der Waals surface area contributed by atoms with E-state index in [1.165, 1.54) is 30.3 Å². The molecule has 2 heterocycles. The normalized spacial score (nSPS) is 10.1. The van der Waals surface area contributed by atoms with Crippen LogP contribution in [0.1, 0.15) is 16.8 Å². The second-order valence-corrected chi connectivity index (χ2v) is 4.18. The van der Waals surface area contributed by atoms with Crippen LogP contribution in [0.3, 0.4) is 0 Å². The van der Waals surface area contributed by atoms with Crippen LogP contribution in [0.15, 0.2) is 30.9 Å². The van der Waals surface area contributed by atoms with E-state index in [2.05, 4.69) is 20.4 Å². The van der Waals surface area contributed by atoms with Crippen LogP contribution in [0, 0.1) is 0 Å². The summed E-state index contributed by atoms with van der Waals surface area (Å²) in [7, 11) is 1.53. The summed E-state index contributed by atoms with van der Waals surface area (Å²) in [4.78, 5) is 29.9. The lowest BCUT2D eigenvalue weighted by Gasteiger charge is -2.01. The molecular weight excluding hydrogens is 274 g/mol. The number of hydrogen-bond donors (Lipinski definition) is 1. The largest absolute Gasteiger partial charge is 0.550 e. The topological polar surface area (TPSA) is 112 Å². The Bertz CT molecular complexity index is 640. The van der Waals surface area contributed by atoms with Gasteiger partial charge in [0.1, 0.15) is 6.20 Å². The van der Waals surface area contributed by atoms with Crippen LogP contribution in [-0.2, 0) is 11.3 Å². The Balaban J connectivity index is 2.11. The first-order chi connectivity index (χ1) is 10.1. The number of aromatic nitrogens is 4. The molecule has 8 heteroatoms. The van der Waals surface area contributed by atoms with Gasteiger partial charge in [0.15, 0.2) is 18.6 Å². The number of carbonyl (C=O) groups is 2. The molecule has 0 saturated heterocycles. The molecule has 0 aliphatic heterocycles. The zero-order chi connectivity index (χ0) is 15.2. The Kier molecular flexibility index (Phi) is 4.50. The summed E-state index contributed by atoms with van der Waals surface area (Å²) >= 11 is 0. The number of carbonyl (C=O) groups excluding carboxylic acids is 2. The lowest BCUT2D eigenvalue weighted by atomic mass is 10.2. The molecule has 0 unspecified atom stereocenters. The highest BCUT2D eigenvalue weighted by atomic mass is 16.4. The van der Waals surface area contributed by atoms with Gasteiger partial charge in [-0.2, -0.15) is 0 Å². The van der Waals surface area contributed by atoms with Gasteiger partial charge in [-0.15, -0.1) is 0 Å². The first-order valence-electron chi connectivity index (χ1n) is 6.20. The molecular formula is C13H13N5O3. The van der Waals surface area contributed by atoms with Gasteiger partial charge in [-0.25, -0.2) is 9.97 Å². The number of aryl methyl sites for hydroxylation is 1. The predicted octanol–water partition coefficient (Wildman–Crippen LogP) is -1.67. The Labute approximate surface area is 120 Å². The Morgan fingerprint density at radius 1 is 1.29 bits per heavy atom. The number of nitrogens with one attached hydrogen (secondary N) is 1. The minimum atomic E-state index is -1.12. The van der Waals surface area contributed by atoms with Crippen molar-refractivity contribution in [2.75, 3.05) is 7.05 Å². The quantitative estimate of drug-likeness (QED) is 0.658. The van der Waals surface area contributed by atoms with E-state index in [-0.39, 0.29) is 18.9 Å². The molecule has 1 N–H and O–H groups in total. The Morgan fingerprint density at radius 3 is 2.52 bits per heavy atom. The van der Waals surface area contributed by atoms with E-state index in [1.54, 1.807) is 12.3 Å². The molecule has 2 aromatic rings. The maximum absolute atomic E-state index is 11.4. The number of amides is 1. The third-order valence-electron chi connectivity index (χ3n) is 2.72. The summed E-state index contributed by atoms with van der Waals surface area (Å²) in [5.74, 6) is -0.948. The summed E-state index contributed by atoms with van der Waals surface area (Å²) < 4.78 is 1.48. The van der Waals surface area contributed by atoms with E-state index in [9.17, 15) is 14.7 Å². The van der Waals surface area contributed by atoms with Crippen molar-refractivity contribution in [1.29, 1.82) is 0 Å². The maximum atomic E-state index is 11.4. The van der Waals surface area contributed by atoms with Crippen molar-refractivity contribution in [3.63, 3.8) is 0 Å². The van der Waals surface area contributed by atoms with E-state index in [1.807, 2.05) is 0 Å². The van der Waals surface area contributed by atoms with Gasteiger partial charge in [0, 0.05) is 43.5 Å². The van der Waals surface area contributed by atoms with Crippen LogP contribution in [-0.4, -0.2) is 34.0 Å². The fraction of sp³-hybridized carbons (Fsp3) is 0.231. The van der Waals surface area contributed by atoms with Crippen LogP contribution in [0.5, 0.6) is 0 Å². The first kappa shape index (κ1) is 14.5. The molecule has 108 valence electrons. The van der Waals surface area contributed by atoms with E-state index in [0.717, 1.165) is 0 Å². The van der Waals surface area contributed by atoms with Crippen LogP contribution in [0.4, 0.5) is 0 Å². The lowest BCUT2D eigenvalue weighted by Crippen LogP contribution is -2.40. The van der Waals surface area contributed by atoms with E-state index in [0.29, 0.717) is 17.0 Å². The van der Waals surface area contributed by atoms with Gasteiger partial charge in [0.25, 0.3) is 5.91 Å². The van der Waals surface area contributed by atoms with Gasteiger partial charge in [-0.3, -0.25) is 4.79 Å².